The Morgan fingerprint density at radius 2 is 2.07 bits per heavy atom. The lowest BCUT2D eigenvalue weighted by atomic mass is 10.3. The van der Waals surface area contributed by atoms with Crippen LogP contribution in [0.5, 0.6) is 0 Å². The van der Waals surface area contributed by atoms with Crippen LogP contribution >= 0.6 is 11.6 Å². The minimum absolute atomic E-state index is 0.0461. The third kappa shape index (κ3) is 6.89. The van der Waals surface area contributed by atoms with Crippen molar-refractivity contribution in [2.45, 2.75) is 25.4 Å². The molecular weight excluding hydrogens is 437 g/mol. The van der Waals surface area contributed by atoms with E-state index in [1.54, 1.807) is 6.07 Å². The van der Waals surface area contributed by atoms with Gasteiger partial charge in [-0.25, -0.2) is 13.1 Å². The van der Waals surface area contributed by atoms with Crippen LogP contribution in [0, 0.1) is 5.21 Å². The number of hydrogen-bond donors (Lipinski definition) is 0. The van der Waals surface area contributed by atoms with Crippen molar-refractivity contribution >= 4 is 33.0 Å². The number of rotatable bonds is 8. The van der Waals surface area contributed by atoms with Gasteiger partial charge in [0, 0.05) is 26.0 Å². The summed E-state index contributed by atoms with van der Waals surface area (Å²) in [6.45, 7) is 0. The monoisotopic (exact) mass is 454 g/mol. The number of carbonyl (C=O) groups excluding carboxylic acids is 1. The summed E-state index contributed by atoms with van der Waals surface area (Å²) < 4.78 is 61.9. The molecule has 0 N–H and O–H groups in total. The van der Waals surface area contributed by atoms with E-state index >= 15 is 0 Å². The zero-order chi connectivity index (χ0) is 21.8. The lowest BCUT2D eigenvalue weighted by molar-refractivity contribution is -0.605. The number of nitrogens with zero attached hydrogens (tertiary/aromatic N) is 4. The van der Waals surface area contributed by atoms with Crippen molar-refractivity contribution in [3.8, 4) is 5.69 Å². The summed E-state index contributed by atoms with van der Waals surface area (Å²) in [5, 5.41) is 15.3. The summed E-state index contributed by atoms with van der Waals surface area (Å²) in [5.41, 5.74) is 0.580. The van der Waals surface area contributed by atoms with E-state index in [1.807, 2.05) is 0 Å². The topological polar surface area (TPSA) is 99.2 Å². The van der Waals surface area contributed by atoms with E-state index < -0.39 is 52.7 Å². The number of halogens is 4. The summed E-state index contributed by atoms with van der Waals surface area (Å²) in [5.74, 6) is -1.82. The molecule has 0 aliphatic heterocycles. The van der Waals surface area contributed by atoms with Gasteiger partial charge in [0.1, 0.15) is 11.4 Å². The van der Waals surface area contributed by atoms with E-state index in [0.717, 1.165) is 4.90 Å². The molecule has 0 aliphatic rings. The Balaban J connectivity index is 2.00. The summed E-state index contributed by atoms with van der Waals surface area (Å²) in [4.78, 5) is 13.4. The molecule has 0 saturated carbocycles. The van der Waals surface area contributed by atoms with E-state index in [1.165, 1.54) is 36.4 Å². The number of carbonyl (C=O) groups is 1. The maximum absolute atomic E-state index is 12.3. The Hall–Kier alpha value is -2.34. The van der Waals surface area contributed by atoms with Crippen LogP contribution in [-0.2, 0) is 14.6 Å². The third-order valence-corrected chi connectivity index (χ3v) is 5.96. The van der Waals surface area contributed by atoms with Gasteiger partial charge < -0.3 is 10.1 Å². The Labute approximate surface area is 170 Å². The highest BCUT2D eigenvalue weighted by molar-refractivity contribution is 7.91. The van der Waals surface area contributed by atoms with Gasteiger partial charge in [-0.05, 0) is 12.5 Å². The summed E-state index contributed by atoms with van der Waals surface area (Å²) >= 11 is 6.04. The van der Waals surface area contributed by atoms with Gasteiger partial charge in [-0.2, -0.15) is 23.0 Å². The first-order valence-electron chi connectivity index (χ1n) is 8.36. The molecule has 2 heterocycles. The molecule has 0 aromatic carbocycles. The van der Waals surface area contributed by atoms with E-state index in [2.05, 4.69) is 5.10 Å². The van der Waals surface area contributed by atoms with Crippen LogP contribution in [0.15, 0.2) is 30.7 Å². The second-order valence-electron chi connectivity index (χ2n) is 6.25. The summed E-state index contributed by atoms with van der Waals surface area (Å²) in [6.07, 6.45) is -2.68. The lowest BCUT2D eigenvalue weighted by Crippen LogP contribution is -2.28. The molecule has 2 aromatic rings. The van der Waals surface area contributed by atoms with Gasteiger partial charge in [-0.1, -0.05) is 11.6 Å². The second kappa shape index (κ2) is 8.99. The number of pyridine rings is 1. The van der Waals surface area contributed by atoms with Crippen LogP contribution in [0.4, 0.5) is 18.9 Å². The molecular formula is C16H18ClF3N4O4S. The molecule has 0 aliphatic carbocycles. The molecule has 29 heavy (non-hydrogen) atoms. The molecule has 0 saturated heterocycles. The summed E-state index contributed by atoms with van der Waals surface area (Å²) in [7, 11) is -2.44. The van der Waals surface area contributed by atoms with Gasteiger partial charge >= 0.3 is 6.18 Å². The van der Waals surface area contributed by atoms with E-state index in [-0.39, 0.29) is 10.8 Å². The Morgan fingerprint density at radius 3 is 2.69 bits per heavy atom. The van der Waals surface area contributed by atoms with Crippen LogP contribution in [0.2, 0.25) is 5.15 Å². The Morgan fingerprint density at radius 1 is 1.38 bits per heavy atom. The Kier molecular flexibility index (Phi) is 7.11. The van der Waals surface area contributed by atoms with Crippen molar-refractivity contribution in [1.82, 2.24) is 9.78 Å². The van der Waals surface area contributed by atoms with Crippen LogP contribution in [-0.4, -0.2) is 48.8 Å². The molecule has 8 nitrogen and oxygen atoms in total. The van der Waals surface area contributed by atoms with E-state index in [4.69, 9.17) is 11.6 Å². The normalized spacial score (nSPS) is 12.2. The first kappa shape index (κ1) is 22.9. The quantitative estimate of drug-likeness (QED) is 0.450. The van der Waals surface area contributed by atoms with Crippen LogP contribution in [0.25, 0.3) is 5.69 Å². The highest BCUT2D eigenvalue weighted by Gasteiger charge is 2.28. The van der Waals surface area contributed by atoms with Gasteiger partial charge in [0.25, 0.3) is 0 Å². The zero-order valence-corrected chi connectivity index (χ0v) is 16.8. The number of sulfone groups is 1. The number of amides is 1. The molecule has 0 unspecified atom stereocenters. The first-order chi connectivity index (χ1) is 13.4. The van der Waals surface area contributed by atoms with Gasteiger partial charge in [0.05, 0.1) is 17.7 Å². The van der Waals surface area contributed by atoms with E-state index in [9.17, 15) is 31.6 Å². The van der Waals surface area contributed by atoms with Crippen molar-refractivity contribution in [1.29, 1.82) is 0 Å². The lowest BCUT2D eigenvalue weighted by Gasteiger charge is -2.15. The molecule has 160 valence electrons. The first-order valence-corrected chi connectivity index (χ1v) is 10.6. The number of anilines is 1. The molecule has 2 rings (SSSR count). The molecule has 0 fully saturated rings. The largest absolute Gasteiger partial charge is 0.619 e. The van der Waals surface area contributed by atoms with Crippen LogP contribution < -0.4 is 9.63 Å². The number of aromatic nitrogens is 3. The number of hydrogen-bond acceptors (Lipinski definition) is 5. The van der Waals surface area contributed by atoms with Crippen LogP contribution in [0.3, 0.4) is 0 Å². The smallest absolute Gasteiger partial charge is 0.389 e. The van der Waals surface area contributed by atoms with E-state index in [0.29, 0.717) is 10.4 Å². The van der Waals surface area contributed by atoms with Crippen LogP contribution in [0.1, 0.15) is 19.3 Å². The molecule has 2 aromatic heterocycles. The predicted octanol–water partition coefficient (Wildman–Crippen LogP) is 2.27. The Bertz CT molecular complexity index is 979. The van der Waals surface area contributed by atoms with Gasteiger partial charge in [-0.3, -0.25) is 4.79 Å². The predicted molar refractivity (Wildman–Crippen MR) is 99.5 cm³/mol. The summed E-state index contributed by atoms with van der Waals surface area (Å²) in [6, 6.07) is 3.09. The van der Waals surface area contributed by atoms with Crippen molar-refractivity contribution in [3.63, 3.8) is 0 Å². The van der Waals surface area contributed by atoms with Gasteiger partial charge in [0.2, 0.25) is 12.1 Å². The standard InChI is InChI=1S/C16H18ClF3N4O4S/c1-22(14(25)5-9-29(27,28)8-3-6-16(18,19)20)13-11-24(21-15(13)17)12-4-2-7-23(26)10-12/h2,4,7,10-11H,3,5-6,8-9H2,1H3. The molecule has 0 atom stereocenters. The molecule has 0 spiro atoms. The average Bonchev–Trinajstić information content (AvgIpc) is 2.99. The van der Waals surface area contributed by atoms with Crippen molar-refractivity contribution in [3.05, 3.63) is 41.1 Å². The van der Waals surface area contributed by atoms with Gasteiger partial charge in [-0.15, -0.1) is 0 Å². The van der Waals surface area contributed by atoms with Crippen molar-refractivity contribution < 1.29 is 31.1 Å². The fourth-order valence-corrected chi connectivity index (χ4v) is 3.95. The number of alkyl halides is 3. The minimum atomic E-state index is -4.42. The van der Waals surface area contributed by atoms with Crippen molar-refractivity contribution in [2.75, 3.05) is 23.5 Å². The third-order valence-electron chi connectivity index (χ3n) is 3.95. The van der Waals surface area contributed by atoms with Crippen molar-refractivity contribution in [2.24, 2.45) is 0 Å². The SMILES string of the molecule is CN(C(=O)CCS(=O)(=O)CCCC(F)(F)F)c1cn(-c2ccc[n+]([O-])c2)nc1Cl. The minimum Gasteiger partial charge on any atom is -0.619 e. The fourth-order valence-electron chi connectivity index (χ4n) is 2.42. The second-order valence-corrected chi connectivity index (χ2v) is 8.91. The molecule has 0 bridgehead atoms. The van der Waals surface area contributed by atoms with Gasteiger partial charge in [0.15, 0.2) is 21.2 Å². The zero-order valence-electron chi connectivity index (χ0n) is 15.3. The molecule has 1 amide bonds. The average molecular weight is 455 g/mol. The maximum atomic E-state index is 12.3. The highest BCUT2D eigenvalue weighted by atomic mass is 35.5. The molecule has 0 radical (unpaired) electrons. The maximum Gasteiger partial charge on any atom is 0.389 e. The molecule has 13 heteroatoms. The highest BCUT2D eigenvalue weighted by Crippen LogP contribution is 2.25. The fraction of sp³-hybridized carbons (Fsp3) is 0.438.